The number of benzene rings is 2. The summed E-state index contributed by atoms with van der Waals surface area (Å²) in [6, 6.07) is 10.4. The number of hydrogen-bond acceptors (Lipinski definition) is 6. The van der Waals surface area contributed by atoms with Crippen LogP contribution >= 0.6 is 0 Å². The average Bonchev–Trinajstić information content (AvgIpc) is 3.33. The van der Waals surface area contributed by atoms with Crippen molar-refractivity contribution in [3.63, 3.8) is 0 Å². The molecule has 1 heterocycles. The second-order valence-corrected chi connectivity index (χ2v) is 13.8. The molecule has 10 heteroatoms. The lowest BCUT2D eigenvalue weighted by atomic mass is 9.89. The van der Waals surface area contributed by atoms with Gasteiger partial charge in [-0.3, -0.25) is 14.1 Å². The maximum atomic E-state index is 13.3. The third kappa shape index (κ3) is 12.0. The molecule has 0 aromatic heterocycles. The van der Waals surface area contributed by atoms with Gasteiger partial charge in [0.2, 0.25) is 11.8 Å². The van der Waals surface area contributed by atoms with E-state index in [1.165, 1.54) is 107 Å². The predicted molar refractivity (Wildman–Crippen MR) is 180 cm³/mol. The lowest BCUT2D eigenvalue weighted by molar-refractivity contribution is -0.131. The van der Waals surface area contributed by atoms with E-state index in [2.05, 4.69) is 6.92 Å². The van der Waals surface area contributed by atoms with Crippen LogP contribution in [-0.2, 0) is 19.7 Å². The van der Waals surface area contributed by atoms with Crippen molar-refractivity contribution in [3.05, 3.63) is 42.5 Å². The molecular formula is C35H53N3O6S. The fraction of sp³-hybridized carbons (Fsp3) is 0.600. The summed E-state index contributed by atoms with van der Waals surface area (Å²) < 4.78 is 40.1. The molecule has 0 radical (unpaired) electrons. The average molecular weight is 644 g/mol. The molecule has 1 saturated heterocycles. The summed E-state index contributed by atoms with van der Waals surface area (Å²) in [5.74, 6) is -2.15. The number of hydrogen-bond donors (Lipinski definition) is 3. The van der Waals surface area contributed by atoms with E-state index < -0.39 is 32.7 Å². The molecule has 5 N–H and O–H groups in total. The predicted octanol–water partition coefficient (Wildman–Crippen LogP) is 8.02. The zero-order chi connectivity index (χ0) is 32.7. The monoisotopic (exact) mass is 643 g/mol. The van der Waals surface area contributed by atoms with Gasteiger partial charge in [-0.1, -0.05) is 110 Å². The fourth-order valence-electron chi connectivity index (χ4n) is 6.21. The molecule has 2 amide bonds. The normalized spacial score (nSPS) is 16.8. The molecule has 0 saturated carbocycles. The molecule has 250 valence electrons. The van der Waals surface area contributed by atoms with Crippen LogP contribution in [0, 0.1) is 11.8 Å². The largest absolute Gasteiger partial charge is 0.456 e. The van der Waals surface area contributed by atoms with Crippen molar-refractivity contribution in [1.29, 1.82) is 0 Å². The molecule has 2 atom stereocenters. The molecule has 2 unspecified atom stereocenters. The van der Waals surface area contributed by atoms with Gasteiger partial charge in [0, 0.05) is 17.9 Å². The molecule has 1 fully saturated rings. The van der Waals surface area contributed by atoms with Crippen molar-refractivity contribution in [2.24, 2.45) is 17.6 Å². The number of nitrogen functional groups attached to an aromatic ring is 1. The van der Waals surface area contributed by atoms with Crippen molar-refractivity contribution >= 4 is 33.3 Å². The van der Waals surface area contributed by atoms with Crippen molar-refractivity contribution in [2.75, 3.05) is 17.2 Å². The van der Waals surface area contributed by atoms with Crippen molar-refractivity contribution in [1.82, 2.24) is 0 Å². The van der Waals surface area contributed by atoms with E-state index in [-0.39, 0.29) is 23.9 Å². The van der Waals surface area contributed by atoms with E-state index in [1.54, 1.807) is 24.3 Å². The van der Waals surface area contributed by atoms with Gasteiger partial charge in [-0.2, -0.15) is 8.42 Å². The molecule has 0 bridgehead atoms. The Labute approximate surface area is 269 Å². The van der Waals surface area contributed by atoms with Gasteiger partial charge in [-0.25, -0.2) is 0 Å². The number of amides is 2. The van der Waals surface area contributed by atoms with Gasteiger partial charge >= 0.3 is 0 Å². The van der Waals surface area contributed by atoms with Gasteiger partial charge in [-0.05, 0) is 54.8 Å². The van der Waals surface area contributed by atoms with Crippen LogP contribution in [0.25, 0.3) is 0 Å². The van der Waals surface area contributed by atoms with Crippen LogP contribution in [0.15, 0.2) is 47.4 Å². The standard InChI is InChI=1S/C35H53N3O6S/c1-2-3-4-5-6-7-8-9-10-11-12-13-14-15-16-17-18-27-26-38(35(40)33(27)34(37)39)29-21-24-31(32(25-29)45(41,42)43)44-30-22-19-28(36)20-23-30/h19-25,27,33H,2-18,26,36H2,1H3,(H2,37,39)(H,41,42,43). The molecule has 3 rings (SSSR count). The Morgan fingerprint density at radius 2 is 1.36 bits per heavy atom. The molecule has 0 aliphatic carbocycles. The molecular weight excluding hydrogens is 590 g/mol. The zero-order valence-corrected chi connectivity index (χ0v) is 27.7. The van der Waals surface area contributed by atoms with Crippen LogP contribution in [0.4, 0.5) is 11.4 Å². The van der Waals surface area contributed by atoms with Crippen LogP contribution in [0.3, 0.4) is 0 Å². The Morgan fingerprint density at radius 1 is 0.844 bits per heavy atom. The van der Waals surface area contributed by atoms with Gasteiger partial charge in [0.05, 0.1) is 0 Å². The molecule has 2 aromatic carbocycles. The fourth-order valence-corrected chi connectivity index (χ4v) is 6.85. The highest BCUT2D eigenvalue weighted by Gasteiger charge is 2.44. The first kappa shape index (κ1) is 36.4. The number of carbonyl (C=O) groups is 2. The maximum Gasteiger partial charge on any atom is 0.298 e. The SMILES string of the molecule is CCCCCCCCCCCCCCCCCCC1CN(c2ccc(Oc3ccc(N)cc3)c(S(=O)(=O)O)c2)C(=O)C1C(N)=O. The number of nitrogens with two attached hydrogens (primary N) is 2. The van der Waals surface area contributed by atoms with Crippen LogP contribution in [0.1, 0.15) is 116 Å². The van der Waals surface area contributed by atoms with E-state index in [1.807, 2.05) is 0 Å². The Kier molecular flexibility index (Phi) is 15.2. The quantitative estimate of drug-likeness (QED) is 0.0508. The molecule has 45 heavy (non-hydrogen) atoms. The Hall–Kier alpha value is -3.11. The molecule has 1 aliphatic rings. The maximum absolute atomic E-state index is 13.3. The van der Waals surface area contributed by atoms with Gasteiger partial charge in [0.1, 0.15) is 22.3 Å². The van der Waals surface area contributed by atoms with Gasteiger partial charge in [0.15, 0.2) is 0 Å². The highest BCUT2D eigenvalue weighted by atomic mass is 32.2. The van der Waals surface area contributed by atoms with Crippen LogP contribution in [-0.4, -0.2) is 31.3 Å². The number of carbonyl (C=O) groups excluding carboxylic acids is 2. The first-order chi connectivity index (χ1) is 21.6. The van der Waals surface area contributed by atoms with E-state index in [0.717, 1.165) is 19.3 Å². The van der Waals surface area contributed by atoms with Gasteiger partial charge < -0.3 is 21.1 Å². The van der Waals surface area contributed by atoms with E-state index in [0.29, 0.717) is 17.9 Å². The van der Waals surface area contributed by atoms with Crippen molar-refractivity contribution < 1.29 is 27.3 Å². The van der Waals surface area contributed by atoms with E-state index >= 15 is 0 Å². The lowest BCUT2D eigenvalue weighted by Crippen LogP contribution is -2.34. The second-order valence-electron chi connectivity index (χ2n) is 12.5. The smallest absolute Gasteiger partial charge is 0.298 e. The minimum atomic E-state index is -4.69. The van der Waals surface area contributed by atoms with Crippen LogP contribution < -0.4 is 21.1 Å². The summed E-state index contributed by atoms with van der Waals surface area (Å²) in [5, 5.41) is 0. The highest BCUT2D eigenvalue weighted by molar-refractivity contribution is 7.86. The molecule has 0 spiro atoms. The summed E-state index contributed by atoms with van der Waals surface area (Å²) in [6.07, 6.45) is 21.0. The number of primary amides is 1. The number of rotatable bonds is 22. The van der Waals surface area contributed by atoms with E-state index in [4.69, 9.17) is 16.2 Å². The number of unbranched alkanes of at least 4 members (excludes halogenated alkanes) is 15. The lowest BCUT2D eigenvalue weighted by Gasteiger charge is -2.19. The number of anilines is 2. The Balaban J connectivity index is 1.43. The Bertz CT molecular complexity index is 1320. The zero-order valence-electron chi connectivity index (χ0n) is 26.9. The van der Waals surface area contributed by atoms with E-state index in [9.17, 15) is 22.6 Å². The molecule has 9 nitrogen and oxygen atoms in total. The summed E-state index contributed by atoms with van der Waals surface area (Å²) in [4.78, 5) is 26.5. The van der Waals surface area contributed by atoms with Crippen LogP contribution in [0.5, 0.6) is 11.5 Å². The third-order valence-corrected chi connectivity index (χ3v) is 9.66. The summed E-state index contributed by atoms with van der Waals surface area (Å²) in [5.41, 5.74) is 12.1. The topological polar surface area (TPSA) is 153 Å². The molecule has 1 aliphatic heterocycles. The highest BCUT2D eigenvalue weighted by Crippen LogP contribution is 2.37. The number of nitrogens with zero attached hydrogens (tertiary/aromatic N) is 1. The summed E-state index contributed by atoms with van der Waals surface area (Å²) in [6.45, 7) is 2.50. The summed E-state index contributed by atoms with van der Waals surface area (Å²) >= 11 is 0. The second kappa shape index (κ2) is 18.8. The minimum Gasteiger partial charge on any atom is -0.456 e. The summed E-state index contributed by atoms with van der Waals surface area (Å²) in [7, 11) is -4.69. The minimum absolute atomic E-state index is 0.103. The van der Waals surface area contributed by atoms with Crippen LogP contribution in [0.2, 0.25) is 0 Å². The van der Waals surface area contributed by atoms with Gasteiger partial charge in [-0.15, -0.1) is 0 Å². The first-order valence-electron chi connectivity index (χ1n) is 16.9. The molecule has 2 aromatic rings. The third-order valence-electron chi connectivity index (χ3n) is 8.78. The first-order valence-corrected chi connectivity index (χ1v) is 18.3. The van der Waals surface area contributed by atoms with Gasteiger partial charge in [0.25, 0.3) is 10.1 Å². The number of ether oxygens (including phenoxy) is 1. The van der Waals surface area contributed by atoms with Crippen molar-refractivity contribution in [2.45, 2.75) is 121 Å². The van der Waals surface area contributed by atoms with Crippen molar-refractivity contribution in [3.8, 4) is 11.5 Å². The Morgan fingerprint density at radius 3 is 1.84 bits per heavy atom.